The number of carbonyl (C=O) groups is 2. The average molecular weight is 394 g/mol. The van der Waals surface area contributed by atoms with E-state index in [9.17, 15) is 9.59 Å². The van der Waals surface area contributed by atoms with Gasteiger partial charge < -0.3 is 20.7 Å². The average Bonchev–Trinajstić information content (AvgIpc) is 3.46. The molecule has 1 fully saturated rings. The first kappa shape index (κ1) is 18.7. The molecule has 9 nitrogen and oxygen atoms in total. The summed E-state index contributed by atoms with van der Waals surface area (Å²) in [7, 11) is 0. The van der Waals surface area contributed by atoms with Crippen LogP contribution in [0.25, 0.3) is 5.65 Å². The minimum atomic E-state index is -0.272. The summed E-state index contributed by atoms with van der Waals surface area (Å²) in [4.78, 5) is 28.0. The van der Waals surface area contributed by atoms with Gasteiger partial charge in [0.2, 0.25) is 11.8 Å². The van der Waals surface area contributed by atoms with Gasteiger partial charge >= 0.3 is 6.03 Å². The number of imidazole rings is 1. The van der Waals surface area contributed by atoms with E-state index in [1.807, 2.05) is 19.9 Å². The lowest BCUT2D eigenvalue weighted by Gasteiger charge is -2.11. The van der Waals surface area contributed by atoms with Gasteiger partial charge in [-0.05, 0) is 44.4 Å². The maximum absolute atomic E-state index is 11.9. The number of anilines is 2. The molecule has 29 heavy (non-hydrogen) atoms. The molecule has 0 atom stereocenters. The molecule has 0 saturated heterocycles. The zero-order valence-electron chi connectivity index (χ0n) is 16.2. The molecule has 0 spiro atoms. The van der Waals surface area contributed by atoms with Crippen molar-refractivity contribution in [3.05, 3.63) is 42.1 Å². The normalized spacial score (nSPS) is 13.2. The van der Waals surface area contributed by atoms with E-state index < -0.39 is 0 Å². The van der Waals surface area contributed by atoms with Gasteiger partial charge in [0.1, 0.15) is 5.75 Å². The highest BCUT2D eigenvalue weighted by Crippen LogP contribution is 2.30. The Hall–Kier alpha value is -3.62. The Kier molecular flexibility index (Phi) is 5.03. The summed E-state index contributed by atoms with van der Waals surface area (Å²) in [6.45, 7) is 4.30. The van der Waals surface area contributed by atoms with Gasteiger partial charge in [0.15, 0.2) is 11.5 Å². The molecule has 1 aromatic carbocycles. The van der Waals surface area contributed by atoms with Crippen molar-refractivity contribution < 1.29 is 14.3 Å². The highest BCUT2D eigenvalue weighted by atomic mass is 16.5. The molecule has 3 N–H and O–H groups in total. The lowest BCUT2D eigenvalue weighted by molar-refractivity contribution is -0.117. The number of aromatic nitrogens is 3. The number of nitrogens with one attached hydrogen (secondary N) is 3. The molecule has 0 aliphatic heterocycles. The number of ether oxygens (including phenoxy) is 1. The monoisotopic (exact) mass is 394 g/mol. The van der Waals surface area contributed by atoms with E-state index in [0.29, 0.717) is 35.3 Å². The number of hydrogen-bond donors (Lipinski definition) is 3. The second-order valence-electron chi connectivity index (χ2n) is 6.93. The second kappa shape index (κ2) is 7.78. The summed E-state index contributed by atoms with van der Waals surface area (Å²) in [5.41, 5.74) is 2.17. The zero-order chi connectivity index (χ0) is 20.4. The van der Waals surface area contributed by atoms with Crippen molar-refractivity contribution in [2.45, 2.75) is 26.7 Å². The van der Waals surface area contributed by atoms with E-state index in [2.05, 4.69) is 26.0 Å². The Bertz CT molecular complexity index is 1070. The predicted octanol–water partition coefficient (Wildman–Crippen LogP) is 3.32. The number of rotatable bonds is 6. The quantitative estimate of drug-likeness (QED) is 0.594. The first-order chi connectivity index (χ1) is 14.0. The fourth-order valence-electron chi connectivity index (χ4n) is 2.80. The Morgan fingerprint density at radius 3 is 2.79 bits per heavy atom. The standard InChI is InChI=1S/C20H22N6O3/c1-3-21-20(28)22-15-10-14(7-4-12(15)2)29-18-9-8-17-23-16(11-26(17)25-18)24-19(27)13-5-6-13/h4,7-11,13H,3,5-6H2,1-2H3,(H,24,27)(H2,21,22,28). The van der Waals surface area contributed by atoms with E-state index in [1.165, 1.54) is 0 Å². The van der Waals surface area contributed by atoms with Crippen molar-refractivity contribution in [1.82, 2.24) is 19.9 Å². The molecular formula is C20H22N6O3. The van der Waals surface area contributed by atoms with Crippen molar-refractivity contribution in [1.29, 1.82) is 0 Å². The van der Waals surface area contributed by atoms with Gasteiger partial charge in [-0.2, -0.15) is 0 Å². The summed E-state index contributed by atoms with van der Waals surface area (Å²) in [6, 6.07) is 8.60. The molecule has 0 radical (unpaired) electrons. The molecule has 1 aliphatic rings. The van der Waals surface area contributed by atoms with Gasteiger partial charge in [-0.25, -0.2) is 14.3 Å². The largest absolute Gasteiger partial charge is 0.438 e. The first-order valence-corrected chi connectivity index (χ1v) is 9.52. The summed E-state index contributed by atoms with van der Waals surface area (Å²) in [6.07, 6.45) is 3.52. The smallest absolute Gasteiger partial charge is 0.319 e. The van der Waals surface area contributed by atoms with E-state index in [-0.39, 0.29) is 17.9 Å². The third-order valence-electron chi connectivity index (χ3n) is 4.51. The number of carbonyl (C=O) groups excluding carboxylic acids is 2. The van der Waals surface area contributed by atoms with Gasteiger partial charge in [0.05, 0.1) is 6.20 Å². The van der Waals surface area contributed by atoms with Crippen LogP contribution >= 0.6 is 0 Å². The number of urea groups is 1. The number of nitrogens with zero attached hydrogens (tertiary/aromatic N) is 3. The van der Waals surface area contributed by atoms with Crippen molar-refractivity contribution in [3.63, 3.8) is 0 Å². The maximum Gasteiger partial charge on any atom is 0.319 e. The molecule has 3 amide bonds. The van der Waals surface area contributed by atoms with Crippen molar-refractivity contribution >= 4 is 29.1 Å². The number of hydrogen-bond acceptors (Lipinski definition) is 5. The Labute approximate surface area is 167 Å². The van der Waals surface area contributed by atoms with Crippen LogP contribution in [0.15, 0.2) is 36.5 Å². The van der Waals surface area contributed by atoms with Crippen LogP contribution in [-0.2, 0) is 4.79 Å². The molecule has 3 aromatic rings. The molecule has 1 saturated carbocycles. The molecule has 9 heteroatoms. The molecule has 150 valence electrons. The topological polar surface area (TPSA) is 110 Å². The lowest BCUT2D eigenvalue weighted by atomic mass is 10.2. The van der Waals surface area contributed by atoms with Gasteiger partial charge in [-0.1, -0.05) is 6.07 Å². The van der Waals surface area contributed by atoms with E-state index >= 15 is 0 Å². The van der Waals surface area contributed by atoms with Crippen LogP contribution in [0.2, 0.25) is 0 Å². The molecule has 0 unspecified atom stereocenters. The maximum atomic E-state index is 11.9. The highest BCUT2D eigenvalue weighted by Gasteiger charge is 2.30. The molecule has 1 aliphatic carbocycles. The SMILES string of the molecule is CCNC(=O)Nc1cc(Oc2ccc3nc(NC(=O)C4CC4)cn3n2)ccc1C. The third kappa shape index (κ3) is 4.45. The number of amides is 3. The molecule has 4 rings (SSSR count). The summed E-state index contributed by atoms with van der Waals surface area (Å²) < 4.78 is 7.40. The van der Waals surface area contributed by atoms with Gasteiger partial charge in [-0.3, -0.25) is 4.79 Å². The Morgan fingerprint density at radius 2 is 2.03 bits per heavy atom. The minimum Gasteiger partial charge on any atom is -0.438 e. The van der Waals surface area contributed by atoms with Crippen LogP contribution in [0.5, 0.6) is 11.6 Å². The van der Waals surface area contributed by atoms with Crippen LogP contribution < -0.4 is 20.7 Å². The van der Waals surface area contributed by atoms with E-state index in [0.717, 1.165) is 18.4 Å². The Balaban J connectivity index is 1.49. The highest BCUT2D eigenvalue weighted by molar-refractivity contribution is 5.93. The Morgan fingerprint density at radius 1 is 1.21 bits per heavy atom. The second-order valence-corrected chi connectivity index (χ2v) is 6.93. The van der Waals surface area contributed by atoms with Crippen LogP contribution in [0.4, 0.5) is 16.3 Å². The summed E-state index contributed by atoms with van der Waals surface area (Å²) in [5, 5.41) is 12.7. The molecular weight excluding hydrogens is 372 g/mol. The van der Waals surface area contributed by atoms with Crippen LogP contribution in [0.3, 0.4) is 0 Å². The van der Waals surface area contributed by atoms with Crippen molar-refractivity contribution in [2.75, 3.05) is 17.2 Å². The van der Waals surface area contributed by atoms with E-state index in [4.69, 9.17) is 4.74 Å². The molecule has 0 bridgehead atoms. The van der Waals surface area contributed by atoms with Crippen LogP contribution in [-0.4, -0.2) is 33.1 Å². The minimum absolute atomic E-state index is 0.00308. The fourth-order valence-corrected chi connectivity index (χ4v) is 2.80. The van der Waals surface area contributed by atoms with Crippen molar-refractivity contribution in [2.24, 2.45) is 5.92 Å². The zero-order valence-corrected chi connectivity index (χ0v) is 16.2. The first-order valence-electron chi connectivity index (χ1n) is 9.52. The lowest BCUT2D eigenvalue weighted by Crippen LogP contribution is -2.28. The molecule has 2 heterocycles. The number of fused-ring (bicyclic) bond motifs is 1. The summed E-state index contributed by atoms with van der Waals surface area (Å²) in [5.74, 6) is 1.47. The van der Waals surface area contributed by atoms with Crippen molar-refractivity contribution in [3.8, 4) is 11.6 Å². The van der Waals surface area contributed by atoms with E-state index in [1.54, 1.807) is 35.0 Å². The van der Waals surface area contributed by atoms with Crippen LogP contribution in [0.1, 0.15) is 25.3 Å². The number of benzene rings is 1. The summed E-state index contributed by atoms with van der Waals surface area (Å²) >= 11 is 0. The van der Waals surface area contributed by atoms with Gasteiger partial charge in [0, 0.05) is 30.3 Å². The fraction of sp³-hybridized carbons (Fsp3) is 0.300. The van der Waals surface area contributed by atoms with Gasteiger partial charge in [-0.15, -0.1) is 5.10 Å². The molecule has 2 aromatic heterocycles. The predicted molar refractivity (Wildman–Crippen MR) is 108 cm³/mol. The van der Waals surface area contributed by atoms with Crippen LogP contribution in [0, 0.1) is 12.8 Å². The third-order valence-corrected chi connectivity index (χ3v) is 4.51. The van der Waals surface area contributed by atoms with Gasteiger partial charge in [0.25, 0.3) is 0 Å². The number of aryl methyl sites for hydroxylation is 1.